The lowest BCUT2D eigenvalue weighted by Crippen LogP contribution is -2.18. The molecule has 0 saturated carbocycles. The average molecular weight is 350 g/mol. The molecule has 0 atom stereocenters. The van der Waals surface area contributed by atoms with Gasteiger partial charge in [0.2, 0.25) is 0 Å². The molecule has 1 aliphatic heterocycles. The summed E-state index contributed by atoms with van der Waals surface area (Å²) in [6, 6.07) is 0. The minimum Gasteiger partial charge on any atom is -0.365 e. The molecule has 0 aliphatic carbocycles. The van der Waals surface area contributed by atoms with Crippen molar-refractivity contribution < 1.29 is 4.74 Å². The summed E-state index contributed by atoms with van der Waals surface area (Å²) >= 11 is 4.68. The van der Waals surface area contributed by atoms with Gasteiger partial charge in [-0.1, -0.05) is 0 Å². The number of ether oxygens (including phenoxy) is 1. The molecule has 0 bridgehead atoms. The van der Waals surface area contributed by atoms with Crippen LogP contribution in [0.4, 0.5) is 0 Å². The molecule has 1 rings (SSSR count). The summed E-state index contributed by atoms with van der Waals surface area (Å²) < 4.78 is 8.17. The van der Waals surface area contributed by atoms with Gasteiger partial charge in [-0.3, -0.25) is 0 Å². The smallest absolute Gasteiger partial charge is 0.0944 e. The van der Waals surface area contributed by atoms with E-state index in [1.807, 2.05) is 0 Å². The monoisotopic (exact) mass is 350 g/mol. The summed E-state index contributed by atoms with van der Waals surface area (Å²) in [6.45, 7) is 4.99. The van der Waals surface area contributed by atoms with Crippen molar-refractivity contribution >= 4 is 45.2 Å². The Hall–Kier alpha value is 1.16. The molecule has 1 aliphatic rings. The molecular formula is C6H8I2O. The molecule has 3 heteroatoms. The Morgan fingerprint density at radius 2 is 2.00 bits per heavy atom. The van der Waals surface area contributed by atoms with Crippen molar-refractivity contribution in [3.05, 3.63) is 7.16 Å². The maximum absolute atomic E-state index is 5.48. The Labute approximate surface area is 82.5 Å². The van der Waals surface area contributed by atoms with Crippen LogP contribution in [0, 0.1) is 0 Å². The summed E-state index contributed by atoms with van der Waals surface area (Å²) in [5, 5.41) is 0. The first-order chi connectivity index (χ1) is 4.04. The van der Waals surface area contributed by atoms with Crippen LogP contribution in [0.1, 0.15) is 13.8 Å². The van der Waals surface area contributed by atoms with Gasteiger partial charge in [-0.25, -0.2) is 0 Å². The summed E-state index contributed by atoms with van der Waals surface area (Å²) in [4.78, 5) is 0. The van der Waals surface area contributed by atoms with Crippen molar-refractivity contribution in [3.8, 4) is 0 Å². The zero-order valence-corrected chi connectivity index (χ0v) is 9.69. The zero-order chi connectivity index (χ0) is 7.07. The second-order valence-electron chi connectivity index (χ2n) is 2.52. The Morgan fingerprint density at radius 3 is 2.11 bits per heavy atom. The molecule has 0 aromatic rings. The Balaban J connectivity index is 2.88. The van der Waals surface area contributed by atoms with E-state index < -0.39 is 0 Å². The fourth-order valence-electron chi connectivity index (χ4n) is 0.697. The van der Waals surface area contributed by atoms with E-state index in [1.165, 1.54) is 7.16 Å². The molecule has 52 valence electrons. The average Bonchev–Trinajstić information content (AvgIpc) is 1.97. The number of hydrogen-bond acceptors (Lipinski definition) is 1. The maximum Gasteiger partial charge on any atom is 0.0944 e. The topological polar surface area (TPSA) is 9.23 Å². The zero-order valence-electron chi connectivity index (χ0n) is 5.37. The molecular weight excluding hydrogens is 342 g/mol. The van der Waals surface area contributed by atoms with Crippen LogP contribution in [0.5, 0.6) is 0 Å². The summed E-state index contributed by atoms with van der Waals surface area (Å²) in [6.07, 6.45) is 0. The van der Waals surface area contributed by atoms with Gasteiger partial charge in [-0.05, 0) is 59.0 Å². The van der Waals surface area contributed by atoms with Crippen molar-refractivity contribution in [2.45, 2.75) is 19.4 Å². The van der Waals surface area contributed by atoms with Crippen molar-refractivity contribution in [3.63, 3.8) is 0 Å². The van der Waals surface area contributed by atoms with E-state index in [-0.39, 0.29) is 5.60 Å². The van der Waals surface area contributed by atoms with Crippen LogP contribution in [0.15, 0.2) is 7.16 Å². The van der Waals surface area contributed by atoms with E-state index >= 15 is 0 Å². The highest BCUT2D eigenvalue weighted by molar-refractivity contribution is 14.1. The Kier molecular flexibility index (Phi) is 2.44. The van der Waals surface area contributed by atoms with Crippen molar-refractivity contribution in [1.29, 1.82) is 0 Å². The van der Waals surface area contributed by atoms with Gasteiger partial charge in [-0.15, -0.1) is 0 Å². The third-order valence-electron chi connectivity index (χ3n) is 1.33. The minimum atomic E-state index is -0.0168. The molecule has 0 amide bonds. The summed E-state index contributed by atoms with van der Waals surface area (Å²) in [5.41, 5.74) is -0.0168. The number of rotatable bonds is 0. The largest absolute Gasteiger partial charge is 0.365 e. The van der Waals surface area contributed by atoms with Crippen LogP contribution >= 0.6 is 45.2 Å². The van der Waals surface area contributed by atoms with Crippen LogP contribution in [0.25, 0.3) is 0 Å². The molecule has 0 fully saturated rings. The second-order valence-corrected chi connectivity index (χ2v) is 4.90. The van der Waals surface area contributed by atoms with Crippen LogP contribution < -0.4 is 0 Å². The van der Waals surface area contributed by atoms with Gasteiger partial charge in [-0.2, -0.15) is 0 Å². The Bertz CT molecular complexity index is 160. The van der Waals surface area contributed by atoms with Crippen LogP contribution in [-0.2, 0) is 4.74 Å². The maximum atomic E-state index is 5.48. The van der Waals surface area contributed by atoms with E-state index in [4.69, 9.17) is 4.74 Å². The van der Waals surface area contributed by atoms with Crippen molar-refractivity contribution in [1.82, 2.24) is 0 Å². The SMILES string of the molecule is CC1(C)OCC(I)=C1I. The predicted molar refractivity (Wildman–Crippen MR) is 55.1 cm³/mol. The quantitative estimate of drug-likeness (QED) is 0.611. The van der Waals surface area contributed by atoms with Crippen LogP contribution in [0.3, 0.4) is 0 Å². The number of halogens is 2. The third-order valence-corrected chi connectivity index (χ3v) is 5.16. The highest BCUT2D eigenvalue weighted by Gasteiger charge is 2.30. The van der Waals surface area contributed by atoms with E-state index in [2.05, 4.69) is 59.0 Å². The van der Waals surface area contributed by atoms with Gasteiger partial charge < -0.3 is 4.74 Å². The van der Waals surface area contributed by atoms with Gasteiger partial charge in [0.05, 0.1) is 12.2 Å². The molecule has 1 nitrogen and oxygen atoms in total. The normalized spacial score (nSPS) is 25.3. The van der Waals surface area contributed by atoms with E-state index in [0.29, 0.717) is 0 Å². The van der Waals surface area contributed by atoms with Crippen molar-refractivity contribution in [2.24, 2.45) is 0 Å². The summed E-state index contributed by atoms with van der Waals surface area (Å²) in [5.74, 6) is 0. The first-order valence-corrected chi connectivity index (χ1v) is 4.88. The molecule has 9 heavy (non-hydrogen) atoms. The van der Waals surface area contributed by atoms with E-state index in [1.54, 1.807) is 0 Å². The first kappa shape index (κ1) is 8.26. The van der Waals surface area contributed by atoms with Gasteiger partial charge in [0.25, 0.3) is 0 Å². The molecule has 0 spiro atoms. The molecule has 0 saturated heterocycles. The van der Waals surface area contributed by atoms with E-state index in [0.717, 1.165) is 6.61 Å². The molecule has 0 radical (unpaired) electrons. The molecule has 0 unspecified atom stereocenters. The molecule has 0 aromatic carbocycles. The standard InChI is InChI=1S/C6H8I2O/c1-6(2)5(8)4(7)3-9-6/h3H2,1-2H3. The first-order valence-electron chi connectivity index (χ1n) is 2.72. The van der Waals surface area contributed by atoms with Crippen molar-refractivity contribution in [2.75, 3.05) is 6.61 Å². The lowest BCUT2D eigenvalue weighted by molar-refractivity contribution is 0.0560. The highest BCUT2D eigenvalue weighted by atomic mass is 127. The molecule has 1 heterocycles. The van der Waals surface area contributed by atoms with E-state index in [9.17, 15) is 0 Å². The van der Waals surface area contributed by atoms with Gasteiger partial charge in [0, 0.05) is 7.16 Å². The lowest BCUT2D eigenvalue weighted by atomic mass is 10.1. The van der Waals surface area contributed by atoms with Gasteiger partial charge in [0.15, 0.2) is 0 Å². The molecule has 0 aromatic heterocycles. The predicted octanol–water partition coefficient (Wildman–Crippen LogP) is 2.88. The number of hydrogen-bond donors (Lipinski definition) is 0. The second kappa shape index (κ2) is 2.65. The minimum absolute atomic E-state index is 0.0168. The van der Waals surface area contributed by atoms with Crippen LogP contribution in [-0.4, -0.2) is 12.2 Å². The lowest BCUT2D eigenvalue weighted by Gasteiger charge is -2.16. The Morgan fingerprint density at radius 1 is 1.44 bits per heavy atom. The molecule has 0 N–H and O–H groups in total. The fraction of sp³-hybridized carbons (Fsp3) is 0.667. The summed E-state index contributed by atoms with van der Waals surface area (Å²) in [7, 11) is 0. The fourth-order valence-corrected chi connectivity index (χ4v) is 1.81. The van der Waals surface area contributed by atoms with Crippen LogP contribution in [0.2, 0.25) is 0 Å². The van der Waals surface area contributed by atoms with Gasteiger partial charge >= 0.3 is 0 Å². The third kappa shape index (κ3) is 1.59. The van der Waals surface area contributed by atoms with Gasteiger partial charge in [0.1, 0.15) is 0 Å². The highest BCUT2D eigenvalue weighted by Crippen LogP contribution is 2.38.